The van der Waals surface area contributed by atoms with Gasteiger partial charge in [-0.3, -0.25) is 14.2 Å². The van der Waals surface area contributed by atoms with Gasteiger partial charge in [-0.15, -0.1) is 0 Å². The standard InChI is InChI=1S/C20H15N3O4/c24-17-11-22(10-14(19(17)25)20(26)27)12-18-21-15-8-4-5-9-16(15)23(18)13-6-2-1-3-7-13/h1-10H,11-12H2,(H,26,27). The van der Waals surface area contributed by atoms with Gasteiger partial charge in [0.15, 0.2) is 0 Å². The molecule has 4 rings (SSSR count). The number of hydrogen-bond donors (Lipinski definition) is 1. The molecular formula is C20H15N3O4. The van der Waals surface area contributed by atoms with E-state index in [0.29, 0.717) is 5.82 Å². The SMILES string of the molecule is O=C(O)C1=CN(Cc2nc3ccccc3n2-c2ccccc2)CC(=O)C1=O. The summed E-state index contributed by atoms with van der Waals surface area (Å²) < 4.78 is 1.96. The summed E-state index contributed by atoms with van der Waals surface area (Å²) >= 11 is 0. The van der Waals surface area contributed by atoms with Crippen LogP contribution in [0.25, 0.3) is 16.7 Å². The van der Waals surface area contributed by atoms with Crippen LogP contribution in [-0.2, 0) is 20.9 Å². The molecule has 1 aliphatic heterocycles. The third-order valence-corrected chi connectivity index (χ3v) is 4.38. The van der Waals surface area contributed by atoms with Gasteiger partial charge in [-0.2, -0.15) is 0 Å². The average molecular weight is 361 g/mol. The minimum atomic E-state index is -1.41. The van der Waals surface area contributed by atoms with Crippen molar-refractivity contribution in [1.29, 1.82) is 0 Å². The highest BCUT2D eigenvalue weighted by Crippen LogP contribution is 2.23. The first-order chi connectivity index (χ1) is 13.0. The molecule has 27 heavy (non-hydrogen) atoms. The lowest BCUT2D eigenvalue weighted by Crippen LogP contribution is -2.38. The van der Waals surface area contributed by atoms with Crippen molar-refractivity contribution in [3.05, 3.63) is 72.2 Å². The molecule has 1 aromatic heterocycles. The Morgan fingerprint density at radius 2 is 1.74 bits per heavy atom. The summed E-state index contributed by atoms with van der Waals surface area (Å²) in [5, 5.41) is 9.17. The van der Waals surface area contributed by atoms with Crippen molar-refractivity contribution in [2.75, 3.05) is 6.54 Å². The van der Waals surface area contributed by atoms with E-state index in [0.717, 1.165) is 16.7 Å². The Morgan fingerprint density at radius 3 is 2.48 bits per heavy atom. The van der Waals surface area contributed by atoms with E-state index in [-0.39, 0.29) is 13.1 Å². The Bertz CT molecular complexity index is 1100. The topological polar surface area (TPSA) is 92.5 Å². The van der Waals surface area contributed by atoms with Crippen LogP contribution in [0, 0.1) is 0 Å². The molecule has 0 aliphatic carbocycles. The van der Waals surface area contributed by atoms with Gasteiger partial charge in [0.2, 0.25) is 11.6 Å². The highest BCUT2D eigenvalue weighted by Gasteiger charge is 2.31. The van der Waals surface area contributed by atoms with Crippen molar-refractivity contribution in [3.8, 4) is 5.69 Å². The summed E-state index contributed by atoms with van der Waals surface area (Å²) in [6.45, 7) is 0.0208. The third-order valence-electron chi connectivity index (χ3n) is 4.38. The Hall–Kier alpha value is -3.74. The van der Waals surface area contributed by atoms with Crippen LogP contribution in [-0.4, -0.2) is 43.6 Å². The molecule has 1 aliphatic rings. The first-order valence-electron chi connectivity index (χ1n) is 8.33. The van der Waals surface area contributed by atoms with Crippen LogP contribution >= 0.6 is 0 Å². The predicted molar refractivity (Wildman–Crippen MR) is 97.2 cm³/mol. The molecule has 0 amide bonds. The van der Waals surface area contributed by atoms with Crippen LogP contribution in [0.4, 0.5) is 0 Å². The highest BCUT2D eigenvalue weighted by atomic mass is 16.4. The van der Waals surface area contributed by atoms with Crippen LogP contribution in [0.15, 0.2) is 66.4 Å². The van der Waals surface area contributed by atoms with Crippen molar-refractivity contribution in [1.82, 2.24) is 14.5 Å². The summed E-state index contributed by atoms with van der Waals surface area (Å²) in [4.78, 5) is 41.1. The molecule has 0 unspecified atom stereocenters. The van der Waals surface area contributed by atoms with E-state index < -0.39 is 23.1 Å². The number of aliphatic carboxylic acids is 1. The summed E-state index contributed by atoms with van der Waals surface area (Å²) in [6, 6.07) is 17.3. The van der Waals surface area contributed by atoms with E-state index in [9.17, 15) is 14.4 Å². The van der Waals surface area contributed by atoms with Crippen LogP contribution in [0.2, 0.25) is 0 Å². The predicted octanol–water partition coefficient (Wildman–Crippen LogP) is 1.95. The number of nitrogens with zero attached hydrogens (tertiary/aromatic N) is 3. The molecule has 0 spiro atoms. The largest absolute Gasteiger partial charge is 0.477 e. The number of benzene rings is 2. The molecule has 0 bridgehead atoms. The van der Waals surface area contributed by atoms with Gasteiger partial charge in [-0.25, -0.2) is 9.78 Å². The van der Waals surface area contributed by atoms with Gasteiger partial charge in [-0.1, -0.05) is 30.3 Å². The Kier molecular flexibility index (Phi) is 4.04. The molecule has 7 heteroatoms. The van der Waals surface area contributed by atoms with Gasteiger partial charge < -0.3 is 10.0 Å². The number of ketones is 2. The van der Waals surface area contributed by atoms with Gasteiger partial charge in [-0.05, 0) is 24.3 Å². The lowest BCUT2D eigenvalue weighted by Gasteiger charge is -2.23. The molecule has 7 nitrogen and oxygen atoms in total. The summed E-state index contributed by atoms with van der Waals surface area (Å²) in [6.07, 6.45) is 1.22. The van der Waals surface area contributed by atoms with E-state index >= 15 is 0 Å². The van der Waals surface area contributed by atoms with Crippen LogP contribution in [0.3, 0.4) is 0 Å². The number of carbonyl (C=O) groups is 3. The summed E-state index contributed by atoms with van der Waals surface area (Å²) in [5.74, 6) is -2.47. The molecule has 2 aromatic carbocycles. The van der Waals surface area contributed by atoms with Crippen molar-refractivity contribution >= 4 is 28.6 Å². The minimum absolute atomic E-state index is 0.173. The molecule has 1 N–H and O–H groups in total. The maximum Gasteiger partial charge on any atom is 0.341 e. The summed E-state index contributed by atoms with van der Waals surface area (Å²) in [7, 11) is 0. The fourth-order valence-electron chi connectivity index (χ4n) is 3.18. The van der Waals surface area contributed by atoms with E-state index in [2.05, 4.69) is 4.98 Å². The van der Waals surface area contributed by atoms with Crippen LogP contribution in [0.5, 0.6) is 0 Å². The smallest absolute Gasteiger partial charge is 0.341 e. The van der Waals surface area contributed by atoms with E-state index in [4.69, 9.17) is 5.11 Å². The lowest BCUT2D eigenvalue weighted by molar-refractivity contribution is -0.141. The zero-order valence-corrected chi connectivity index (χ0v) is 14.2. The van der Waals surface area contributed by atoms with Gasteiger partial charge in [0.1, 0.15) is 11.4 Å². The normalized spacial score (nSPS) is 14.5. The first kappa shape index (κ1) is 16.7. The Balaban J connectivity index is 1.80. The van der Waals surface area contributed by atoms with E-state index in [1.807, 2.05) is 59.2 Å². The number of rotatable bonds is 4. The molecule has 0 saturated heterocycles. The molecule has 0 saturated carbocycles. The zero-order chi connectivity index (χ0) is 19.0. The number of para-hydroxylation sites is 3. The van der Waals surface area contributed by atoms with Crippen molar-refractivity contribution < 1.29 is 19.5 Å². The van der Waals surface area contributed by atoms with Crippen molar-refractivity contribution in [3.63, 3.8) is 0 Å². The zero-order valence-electron chi connectivity index (χ0n) is 14.2. The number of carbonyl (C=O) groups excluding carboxylic acids is 2. The molecule has 134 valence electrons. The van der Waals surface area contributed by atoms with Crippen LogP contribution in [0.1, 0.15) is 5.82 Å². The van der Waals surface area contributed by atoms with Gasteiger partial charge in [0.05, 0.1) is 24.1 Å². The van der Waals surface area contributed by atoms with Crippen LogP contribution < -0.4 is 0 Å². The number of imidazole rings is 1. The second-order valence-corrected chi connectivity index (χ2v) is 6.19. The van der Waals surface area contributed by atoms with Gasteiger partial charge in [0.25, 0.3) is 0 Å². The first-order valence-corrected chi connectivity index (χ1v) is 8.33. The monoisotopic (exact) mass is 361 g/mol. The highest BCUT2D eigenvalue weighted by molar-refractivity contribution is 6.50. The van der Waals surface area contributed by atoms with E-state index in [1.165, 1.54) is 11.1 Å². The number of aromatic nitrogens is 2. The quantitative estimate of drug-likeness (QED) is 0.564. The molecule has 0 radical (unpaired) electrons. The third kappa shape index (κ3) is 2.99. The Labute approximate surface area is 154 Å². The molecule has 0 atom stereocenters. The number of hydrogen-bond acceptors (Lipinski definition) is 5. The van der Waals surface area contributed by atoms with Crippen molar-refractivity contribution in [2.45, 2.75) is 6.54 Å². The minimum Gasteiger partial charge on any atom is -0.477 e. The second-order valence-electron chi connectivity index (χ2n) is 6.19. The number of fused-ring (bicyclic) bond motifs is 1. The number of carboxylic acid groups (broad SMARTS) is 1. The number of carboxylic acids is 1. The molecule has 2 heterocycles. The average Bonchev–Trinajstić information content (AvgIpc) is 3.02. The van der Waals surface area contributed by atoms with Crippen molar-refractivity contribution in [2.24, 2.45) is 0 Å². The summed E-state index contributed by atoms with van der Waals surface area (Å²) in [5.41, 5.74) is 2.08. The fourth-order valence-corrected chi connectivity index (χ4v) is 3.18. The van der Waals surface area contributed by atoms with E-state index in [1.54, 1.807) is 0 Å². The molecule has 3 aromatic rings. The molecule has 0 fully saturated rings. The van der Waals surface area contributed by atoms with Gasteiger partial charge in [0, 0.05) is 11.9 Å². The maximum atomic E-state index is 11.9. The number of Topliss-reactive ketones (excluding diaryl/α,β-unsaturated/α-hetero) is 2. The Morgan fingerprint density at radius 1 is 1.04 bits per heavy atom. The second kappa shape index (κ2) is 6.53. The fraction of sp³-hybridized carbons (Fsp3) is 0.100. The lowest BCUT2D eigenvalue weighted by atomic mass is 10.0. The van der Waals surface area contributed by atoms with Gasteiger partial charge >= 0.3 is 5.97 Å². The maximum absolute atomic E-state index is 11.9. The molecular weight excluding hydrogens is 346 g/mol.